The number of nitrogens with one attached hydrogen (secondary N) is 4. The molecule has 0 saturated carbocycles. The van der Waals surface area contributed by atoms with Gasteiger partial charge in [0, 0.05) is 73.8 Å². The van der Waals surface area contributed by atoms with E-state index in [1.165, 1.54) is 21.5 Å². The Kier molecular flexibility index (Phi) is 7.62. The molecule has 10 nitrogen and oxygen atoms in total. The van der Waals surface area contributed by atoms with Gasteiger partial charge in [-0.1, -0.05) is 97.1 Å². The van der Waals surface area contributed by atoms with Crippen LogP contribution < -0.4 is 21.7 Å². The maximum atomic E-state index is 5.12. The number of hydrazone groups is 4. The first-order valence-electron chi connectivity index (χ1n) is 21.1. The van der Waals surface area contributed by atoms with Crippen molar-refractivity contribution in [2.75, 3.05) is 13.1 Å². The van der Waals surface area contributed by atoms with Gasteiger partial charge in [-0.3, -0.25) is 10.9 Å². The summed E-state index contributed by atoms with van der Waals surface area (Å²) >= 11 is 0. The predicted octanol–water partition coefficient (Wildman–Crippen LogP) is 9.39. The molecule has 6 heterocycles. The standard InChI is InChI=1S/C52H38N10/c1-5-21-43-31(13-1)32-14-2-6-22-44(32)61(43)51-38-30-36(40-18-10-26-54-58-40)35(39-17-9-25-53-57-39)29-37(38)47-50(51)48(41-19-11-27-55-59-41)49(42-20-12-28-56-60-42)52(47)62-45-23-7-3-15-33(45)34-16-4-8-24-46(34)62/h1-9,11-26,29-30,39,55-58H,10,27-28H2. The summed E-state index contributed by atoms with van der Waals surface area (Å²) in [5.74, 6) is 0. The third kappa shape index (κ3) is 4.97. The molecule has 0 radical (unpaired) electrons. The molecule has 1 unspecified atom stereocenters. The molecule has 7 aromatic rings. The number of hydrogen-bond donors (Lipinski definition) is 4. The number of para-hydroxylation sites is 4. The third-order valence-corrected chi connectivity index (χ3v) is 12.7. The number of aromatic nitrogens is 2. The van der Waals surface area contributed by atoms with Crippen molar-refractivity contribution in [3.05, 3.63) is 191 Å². The molecule has 5 aromatic carbocycles. The fourth-order valence-electron chi connectivity index (χ4n) is 10.2. The third-order valence-electron chi connectivity index (χ3n) is 12.7. The van der Waals surface area contributed by atoms with Crippen LogP contribution in [0.1, 0.15) is 34.7 Å². The van der Waals surface area contributed by atoms with E-state index >= 15 is 0 Å². The van der Waals surface area contributed by atoms with Crippen molar-refractivity contribution in [3.8, 4) is 0 Å². The van der Waals surface area contributed by atoms with E-state index in [2.05, 4.69) is 187 Å². The van der Waals surface area contributed by atoms with Gasteiger partial charge < -0.3 is 20.0 Å². The highest BCUT2D eigenvalue weighted by Gasteiger charge is 2.45. The molecule has 0 spiro atoms. The summed E-state index contributed by atoms with van der Waals surface area (Å²) in [5, 5.41) is 24.1. The van der Waals surface area contributed by atoms with E-state index in [-0.39, 0.29) is 6.04 Å². The lowest BCUT2D eigenvalue weighted by molar-refractivity contribution is 0.652. The van der Waals surface area contributed by atoms with Crippen LogP contribution in [0.4, 0.5) is 0 Å². The first-order chi connectivity index (χ1) is 30.8. The lowest BCUT2D eigenvalue weighted by atomic mass is 9.90. The normalized spacial score (nSPS) is 18.9. The van der Waals surface area contributed by atoms with Gasteiger partial charge in [0.05, 0.1) is 69.7 Å². The molecular formula is C52H38N10. The molecule has 4 N–H and O–H groups in total. The zero-order valence-electron chi connectivity index (χ0n) is 33.5. The van der Waals surface area contributed by atoms with Gasteiger partial charge in [0.15, 0.2) is 0 Å². The van der Waals surface area contributed by atoms with Crippen molar-refractivity contribution < 1.29 is 0 Å². The van der Waals surface area contributed by atoms with Gasteiger partial charge in [0.2, 0.25) is 0 Å². The minimum Gasteiger partial charge on any atom is -0.308 e. The van der Waals surface area contributed by atoms with Crippen LogP contribution in [0, 0.1) is 0 Å². The quantitative estimate of drug-likeness (QED) is 0.135. The number of allylic oxidation sites excluding steroid dienone is 9. The summed E-state index contributed by atoms with van der Waals surface area (Å²) in [7, 11) is 0. The topological polar surface area (TPSA) is 107 Å². The van der Waals surface area contributed by atoms with E-state index in [1.807, 2.05) is 12.3 Å². The van der Waals surface area contributed by atoms with Crippen LogP contribution in [-0.4, -0.2) is 46.1 Å². The lowest BCUT2D eigenvalue weighted by Crippen LogP contribution is -2.22. The largest absolute Gasteiger partial charge is 0.308 e. The fraction of sp³-hybridized carbons (Fsp3) is 0.0769. The molecular weight excluding hydrogens is 765 g/mol. The number of fused-ring (bicyclic) bond motifs is 9. The molecule has 4 aliphatic heterocycles. The maximum absolute atomic E-state index is 5.12. The van der Waals surface area contributed by atoms with Crippen molar-refractivity contribution >= 4 is 90.1 Å². The number of benzene rings is 5. The average molecular weight is 803 g/mol. The van der Waals surface area contributed by atoms with Crippen molar-refractivity contribution in [3.63, 3.8) is 0 Å². The van der Waals surface area contributed by atoms with Crippen molar-refractivity contribution in [2.24, 2.45) is 20.4 Å². The molecule has 0 amide bonds. The summed E-state index contributed by atoms with van der Waals surface area (Å²) in [5.41, 5.74) is 31.4. The molecule has 0 bridgehead atoms. The van der Waals surface area contributed by atoms with Crippen LogP contribution in [0.25, 0.3) is 66.3 Å². The summed E-state index contributed by atoms with van der Waals surface area (Å²) in [6.45, 7) is 1.30. The monoisotopic (exact) mass is 802 g/mol. The highest BCUT2D eigenvalue weighted by atomic mass is 15.3. The van der Waals surface area contributed by atoms with Crippen molar-refractivity contribution in [1.29, 1.82) is 0 Å². The summed E-state index contributed by atoms with van der Waals surface area (Å²) in [6.07, 6.45) is 19.5. The molecule has 296 valence electrons. The predicted molar refractivity (Wildman–Crippen MR) is 255 cm³/mol. The molecule has 6 aliphatic rings. The smallest absolute Gasteiger partial charge is 0.0927 e. The second kappa shape index (κ2) is 13.7. The van der Waals surface area contributed by atoms with E-state index in [0.717, 1.165) is 102 Å². The molecule has 1 atom stereocenters. The molecule has 0 saturated heterocycles. The van der Waals surface area contributed by atoms with Gasteiger partial charge in [0.1, 0.15) is 0 Å². The van der Waals surface area contributed by atoms with Gasteiger partial charge >= 0.3 is 0 Å². The Labute approximate surface area is 356 Å². The fourth-order valence-corrected chi connectivity index (χ4v) is 10.2. The first-order valence-corrected chi connectivity index (χ1v) is 21.1. The van der Waals surface area contributed by atoms with Gasteiger partial charge in [-0.05, 0) is 65.8 Å². The van der Waals surface area contributed by atoms with E-state index in [9.17, 15) is 0 Å². The SMILES string of the molecule is C1=CC(c2cc3c(cc2C2=CCC=NN2)C(n2c4ccccc4c4ccccc42)=C2C(C4=NNCC=C4)=C(C4=NNCC=C4)C(n4c5ccccc5c5ccccc54)=C23)NN=C1. The Balaban J connectivity index is 1.27. The van der Waals surface area contributed by atoms with Gasteiger partial charge in [-0.25, -0.2) is 0 Å². The second-order valence-electron chi connectivity index (χ2n) is 16.0. The highest BCUT2D eigenvalue weighted by molar-refractivity contribution is 6.37. The van der Waals surface area contributed by atoms with E-state index in [4.69, 9.17) is 10.2 Å². The van der Waals surface area contributed by atoms with Crippen LogP contribution in [0.3, 0.4) is 0 Å². The second-order valence-corrected chi connectivity index (χ2v) is 16.0. The maximum Gasteiger partial charge on any atom is 0.0927 e. The van der Waals surface area contributed by atoms with Crippen LogP contribution >= 0.6 is 0 Å². The summed E-state index contributed by atoms with van der Waals surface area (Å²) < 4.78 is 4.96. The number of hydrogen-bond acceptors (Lipinski definition) is 8. The zero-order valence-corrected chi connectivity index (χ0v) is 33.5. The Hall–Kier alpha value is -8.24. The zero-order chi connectivity index (χ0) is 40.7. The van der Waals surface area contributed by atoms with E-state index in [0.29, 0.717) is 13.1 Å². The van der Waals surface area contributed by atoms with Gasteiger partial charge in [-0.2, -0.15) is 20.4 Å². The minimum absolute atomic E-state index is 0.190. The Bertz CT molecular complexity index is 3390. The molecule has 2 aromatic heterocycles. The van der Waals surface area contributed by atoms with Crippen LogP contribution in [-0.2, 0) is 0 Å². The highest BCUT2D eigenvalue weighted by Crippen LogP contribution is 2.58. The number of rotatable bonds is 6. The van der Waals surface area contributed by atoms with E-state index < -0.39 is 0 Å². The Morgan fingerprint density at radius 1 is 0.548 bits per heavy atom. The van der Waals surface area contributed by atoms with Crippen LogP contribution in [0.5, 0.6) is 0 Å². The summed E-state index contributed by atoms with van der Waals surface area (Å²) in [4.78, 5) is 0. The van der Waals surface area contributed by atoms with Gasteiger partial charge in [0.25, 0.3) is 0 Å². The molecule has 10 heteroatoms. The Morgan fingerprint density at radius 2 is 1.13 bits per heavy atom. The lowest BCUT2D eigenvalue weighted by Gasteiger charge is -2.24. The van der Waals surface area contributed by atoms with Crippen LogP contribution in [0.2, 0.25) is 0 Å². The Morgan fingerprint density at radius 3 is 1.66 bits per heavy atom. The molecule has 13 rings (SSSR count). The van der Waals surface area contributed by atoms with Gasteiger partial charge in [-0.15, -0.1) is 0 Å². The first kappa shape index (κ1) is 34.6. The van der Waals surface area contributed by atoms with Crippen molar-refractivity contribution in [2.45, 2.75) is 12.5 Å². The van der Waals surface area contributed by atoms with Crippen molar-refractivity contribution in [1.82, 2.24) is 30.8 Å². The molecule has 62 heavy (non-hydrogen) atoms. The van der Waals surface area contributed by atoms with E-state index in [1.54, 1.807) is 6.21 Å². The molecule has 2 aliphatic carbocycles. The average Bonchev–Trinajstić information content (AvgIpc) is 4.07. The van der Waals surface area contributed by atoms with Crippen LogP contribution in [0.15, 0.2) is 189 Å². The molecule has 0 fully saturated rings. The number of nitrogens with zero attached hydrogens (tertiary/aromatic N) is 6. The minimum atomic E-state index is -0.190. The summed E-state index contributed by atoms with van der Waals surface area (Å²) in [6, 6.07) is 39.6.